The number of hydrogen-bond acceptors (Lipinski definition) is 3. The number of carboxylic acids is 1. The molecule has 2 aromatic rings. The van der Waals surface area contributed by atoms with E-state index in [-0.39, 0.29) is 5.91 Å². The zero-order valence-electron chi connectivity index (χ0n) is 14.1. The first-order valence-electron chi connectivity index (χ1n) is 8.33. The molecule has 0 aromatic heterocycles. The van der Waals surface area contributed by atoms with E-state index >= 15 is 0 Å². The van der Waals surface area contributed by atoms with Crippen LogP contribution in [0.2, 0.25) is 0 Å². The highest BCUT2D eigenvalue weighted by molar-refractivity contribution is 5.98. The molecule has 5 nitrogen and oxygen atoms in total. The third kappa shape index (κ3) is 3.50. The van der Waals surface area contributed by atoms with E-state index in [0.29, 0.717) is 37.3 Å². The van der Waals surface area contributed by atoms with Gasteiger partial charge >= 0.3 is 5.97 Å². The van der Waals surface area contributed by atoms with Crippen molar-refractivity contribution in [3.05, 3.63) is 65.7 Å². The smallest absolute Gasteiger partial charge is 0.329 e. The van der Waals surface area contributed by atoms with Gasteiger partial charge in [-0.3, -0.25) is 4.79 Å². The van der Waals surface area contributed by atoms with Gasteiger partial charge < -0.3 is 14.7 Å². The molecule has 1 saturated heterocycles. The van der Waals surface area contributed by atoms with Crippen LogP contribution < -0.4 is 4.74 Å². The van der Waals surface area contributed by atoms with Crippen molar-refractivity contribution in [2.24, 2.45) is 0 Å². The summed E-state index contributed by atoms with van der Waals surface area (Å²) in [5, 5.41) is 9.45. The van der Waals surface area contributed by atoms with Crippen LogP contribution in [0.1, 0.15) is 35.7 Å². The molecule has 1 aliphatic heterocycles. The van der Waals surface area contributed by atoms with E-state index in [2.05, 4.69) is 0 Å². The Morgan fingerprint density at radius 2 is 1.80 bits per heavy atom. The van der Waals surface area contributed by atoms with Crippen molar-refractivity contribution in [2.45, 2.75) is 31.9 Å². The second kappa shape index (κ2) is 6.97. The second-order valence-electron chi connectivity index (χ2n) is 6.44. The van der Waals surface area contributed by atoms with Crippen LogP contribution in [0.5, 0.6) is 5.75 Å². The largest absolute Gasteiger partial charge is 0.489 e. The van der Waals surface area contributed by atoms with Crippen molar-refractivity contribution in [1.82, 2.24) is 4.90 Å². The first-order valence-corrected chi connectivity index (χ1v) is 8.33. The summed E-state index contributed by atoms with van der Waals surface area (Å²) < 4.78 is 5.71. The lowest BCUT2D eigenvalue weighted by molar-refractivity contribution is -0.147. The Balaban J connectivity index is 1.67. The fourth-order valence-electron chi connectivity index (χ4n) is 3.10. The summed E-state index contributed by atoms with van der Waals surface area (Å²) in [4.78, 5) is 25.7. The van der Waals surface area contributed by atoms with E-state index in [1.165, 1.54) is 4.90 Å². The van der Waals surface area contributed by atoms with Gasteiger partial charge in [-0.2, -0.15) is 0 Å². The number of amides is 1. The molecular formula is C20H21NO4. The molecule has 1 aliphatic rings. The van der Waals surface area contributed by atoms with Gasteiger partial charge in [0, 0.05) is 12.1 Å². The molecule has 0 aliphatic carbocycles. The zero-order valence-corrected chi connectivity index (χ0v) is 14.1. The van der Waals surface area contributed by atoms with Gasteiger partial charge in [-0.05, 0) is 49.6 Å². The van der Waals surface area contributed by atoms with Crippen LogP contribution in [0.15, 0.2) is 54.6 Å². The van der Waals surface area contributed by atoms with Crippen LogP contribution in [0.3, 0.4) is 0 Å². The van der Waals surface area contributed by atoms with Crippen molar-refractivity contribution >= 4 is 11.9 Å². The number of rotatable bonds is 5. The Bertz CT molecular complexity index is 757. The minimum atomic E-state index is -1.13. The molecule has 1 amide bonds. The molecule has 1 heterocycles. The Morgan fingerprint density at radius 1 is 1.12 bits per heavy atom. The normalized spacial score (nSPS) is 19.6. The summed E-state index contributed by atoms with van der Waals surface area (Å²) in [7, 11) is 0. The highest BCUT2D eigenvalue weighted by Gasteiger charge is 2.46. The highest BCUT2D eigenvalue weighted by atomic mass is 16.5. The van der Waals surface area contributed by atoms with Crippen molar-refractivity contribution in [3.63, 3.8) is 0 Å². The van der Waals surface area contributed by atoms with Gasteiger partial charge in [0.05, 0.1) is 0 Å². The Kier molecular flexibility index (Phi) is 4.74. The van der Waals surface area contributed by atoms with Crippen LogP contribution in [0.25, 0.3) is 0 Å². The number of carbonyl (C=O) groups is 2. The number of hydrogen-bond donors (Lipinski definition) is 1. The van der Waals surface area contributed by atoms with E-state index in [0.717, 1.165) is 5.56 Å². The predicted octanol–water partition coefficient (Wildman–Crippen LogP) is 3.34. The Morgan fingerprint density at radius 3 is 2.44 bits per heavy atom. The second-order valence-corrected chi connectivity index (χ2v) is 6.44. The fourth-order valence-corrected chi connectivity index (χ4v) is 3.10. The molecule has 25 heavy (non-hydrogen) atoms. The average Bonchev–Trinajstić information content (AvgIpc) is 3.04. The van der Waals surface area contributed by atoms with Gasteiger partial charge in [-0.15, -0.1) is 0 Å². The zero-order chi connectivity index (χ0) is 17.9. The highest BCUT2D eigenvalue weighted by Crippen LogP contribution is 2.31. The van der Waals surface area contributed by atoms with Crippen LogP contribution in [0, 0.1) is 0 Å². The number of benzene rings is 2. The maximum atomic E-state index is 12.7. The number of likely N-dealkylation sites (tertiary alicyclic amines) is 1. The van der Waals surface area contributed by atoms with Gasteiger partial charge in [0.15, 0.2) is 0 Å². The number of aliphatic carboxylic acids is 1. The summed E-state index contributed by atoms with van der Waals surface area (Å²) in [5.41, 5.74) is 0.415. The molecule has 1 atom stereocenters. The van der Waals surface area contributed by atoms with Crippen molar-refractivity contribution in [2.75, 3.05) is 6.54 Å². The van der Waals surface area contributed by atoms with Gasteiger partial charge in [0.1, 0.15) is 17.9 Å². The van der Waals surface area contributed by atoms with Crippen molar-refractivity contribution in [3.8, 4) is 5.75 Å². The topological polar surface area (TPSA) is 66.8 Å². The van der Waals surface area contributed by atoms with Crippen LogP contribution >= 0.6 is 0 Å². The summed E-state index contributed by atoms with van der Waals surface area (Å²) in [6, 6.07) is 16.7. The molecule has 1 unspecified atom stereocenters. The van der Waals surface area contributed by atoms with E-state index < -0.39 is 11.5 Å². The monoisotopic (exact) mass is 339 g/mol. The van der Waals surface area contributed by atoms with E-state index in [1.54, 1.807) is 31.2 Å². The molecule has 0 spiro atoms. The molecule has 5 heteroatoms. The molecular weight excluding hydrogens is 318 g/mol. The molecule has 0 saturated carbocycles. The van der Waals surface area contributed by atoms with Crippen LogP contribution in [-0.4, -0.2) is 34.0 Å². The van der Waals surface area contributed by atoms with E-state index in [4.69, 9.17) is 4.74 Å². The maximum Gasteiger partial charge on any atom is 0.329 e. The number of nitrogens with zero attached hydrogens (tertiary/aromatic N) is 1. The predicted molar refractivity (Wildman–Crippen MR) is 93.5 cm³/mol. The van der Waals surface area contributed by atoms with Crippen molar-refractivity contribution in [1.29, 1.82) is 0 Å². The van der Waals surface area contributed by atoms with Crippen LogP contribution in [0.4, 0.5) is 0 Å². The third-order valence-corrected chi connectivity index (χ3v) is 4.70. The SMILES string of the molecule is CC1(C(=O)O)CCCN1C(=O)c1ccc(OCc2ccccc2)cc1. The first-order chi connectivity index (χ1) is 12.0. The summed E-state index contributed by atoms with van der Waals surface area (Å²) in [6.45, 7) is 2.53. The first kappa shape index (κ1) is 17.0. The lowest BCUT2D eigenvalue weighted by Crippen LogP contribution is -2.50. The standard InChI is InChI=1S/C20H21NO4/c1-20(19(23)24)12-5-13-21(20)18(22)16-8-10-17(11-9-16)25-14-15-6-3-2-4-7-15/h2-4,6-11H,5,12-14H2,1H3,(H,23,24). The van der Waals surface area contributed by atoms with Gasteiger partial charge in [-0.1, -0.05) is 30.3 Å². The molecule has 2 aromatic carbocycles. The molecule has 0 radical (unpaired) electrons. The van der Waals surface area contributed by atoms with Crippen molar-refractivity contribution < 1.29 is 19.4 Å². The lowest BCUT2D eigenvalue weighted by atomic mass is 9.98. The number of ether oxygens (including phenoxy) is 1. The summed E-state index contributed by atoms with van der Waals surface area (Å²) in [5.74, 6) is -0.541. The average molecular weight is 339 g/mol. The van der Waals surface area contributed by atoms with Gasteiger partial charge in [0.25, 0.3) is 5.91 Å². The number of carboxylic acid groups (broad SMARTS) is 1. The van der Waals surface area contributed by atoms with Gasteiger partial charge in [-0.25, -0.2) is 4.79 Å². The number of carbonyl (C=O) groups excluding carboxylic acids is 1. The molecule has 0 bridgehead atoms. The Hall–Kier alpha value is -2.82. The molecule has 1 N–H and O–H groups in total. The van der Waals surface area contributed by atoms with E-state index in [1.807, 2.05) is 30.3 Å². The maximum absolute atomic E-state index is 12.7. The summed E-state index contributed by atoms with van der Waals surface area (Å²) >= 11 is 0. The minimum Gasteiger partial charge on any atom is -0.489 e. The molecule has 130 valence electrons. The fraction of sp³-hybridized carbons (Fsp3) is 0.300. The lowest BCUT2D eigenvalue weighted by Gasteiger charge is -2.31. The molecule has 3 rings (SSSR count). The quantitative estimate of drug-likeness (QED) is 0.907. The summed E-state index contributed by atoms with van der Waals surface area (Å²) in [6.07, 6.45) is 1.18. The van der Waals surface area contributed by atoms with Gasteiger partial charge in [0.2, 0.25) is 0 Å². The third-order valence-electron chi connectivity index (χ3n) is 4.70. The molecule has 1 fully saturated rings. The van der Waals surface area contributed by atoms with Crippen LogP contribution in [-0.2, 0) is 11.4 Å². The van der Waals surface area contributed by atoms with E-state index in [9.17, 15) is 14.7 Å². The Labute approximate surface area is 146 Å². The minimum absolute atomic E-state index is 0.253.